The van der Waals surface area contributed by atoms with Crippen LogP contribution in [0.4, 0.5) is 4.79 Å². The van der Waals surface area contributed by atoms with Crippen LogP contribution < -0.4 is 10.6 Å². The van der Waals surface area contributed by atoms with Gasteiger partial charge < -0.3 is 15.4 Å². The molecule has 0 aliphatic carbocycles. The minimum Gasteiger partial charge on any atom is -0.442 e. The standard InChI is InChI=1S/C10H17N5O2/c1-7(2)11-3-8-5-15(14-13-8)6-9-4-12-10(16)17-9/h5,7,9,11H,3-4,6H2,1-2H3,(H,12,16). The molecule has 1 aromatic heterocycles. The first-order chi connectivity index (χ1) is 8.13. The van der Waals surface area contributed by atoms with E-state index in [9.17, 15) is 4.79 Å². The van der Waals surface area contributed by atoms with Gasteiger partial charge in [-0.2, -0.15) is 0 Å². The van der Waals surface area contributed by atoms with Crippen molar-refractivity contribution in [3.05, 3.63) is 11.9 Å². The lowest BCUT2D eigenvalue weighted by Crippen LogP contribution is -2.22. The molecule has 1 fully saturated rings. The number of carbonyl (C=O) groups is 1. The Morgan fingerprint density at radius 3 is 3.18 bits per heavy atom. The molecule has 1 amide bonds. The summed E-state index contributed by atoms with van der Waals surface area (Å²) in [5.74, 6) is 0. The van der Waals surface area contributed by atoms with E-state index in [1.807, 2.05) is 6.20 Å². The molecule has 1 unspecified atom stereocenters. The molecule has 1 atom stereocenters. The number of aromatic nitrogens is 3. The summed E-state index contributed by atoms with van der Waals surface area (Å²) in [6.45, 7) is 5.91. The van der Waals surface area contributed by atoms with E-state index in [0.29, 0.717) is 25.7 Å². The van der Waals surface area contributed by atoms with Crippen LogP contribution in [0.1, 0.15) is 19.5 Å². The van der Waals surface area contributed by atoms with Crippen molar-refractivity contribution in [2.75, 3.05) is 6.54 Å². The van der Waals surface area contributed by atoms with Gasteiger partial charge in [-0.1, -0.05) is 19.1 Å². The molecule has 2 N–H and O–H groups in total. The Morgan fingerprint density at radius 2 is 2.53 bits per heavy atom. The average molecular weight is 239 g/mol. The van der Waals surface area contributed by atoms with Crippen molar-refractivity contribution in [2.45, 2.75) is 39.1 Å². The maximum atomic E-state index is 10.8. The molecule has 94 valence electrons. The van der Waals surface area contributed by atoms with Crippen molar-refractivity contribution >= 4 is 6.09 Å². The summed E-state index contributed by atoms with van der Waals surface area (Å²) in [7, 11) is 0. The van der Waals surface area contributed by atoms with Crippen LogP contribution in [0.25, 0.3) is 0 Å². The van der Waals surface area contributed by atoms with Crippen molar-refractivity contribution in [1.29, 1.82) is 0 Å². The van der Waals surface area contributed by atoms with E-state index >= 15 is 0 Å². The van der Waals surface area contributed by atoms with E-state index in [1.165, 1.54) is 0 Å². The van der Waals surface area contributed by atoms with Gasteiger partial charge in [0, 0.05) is 18.8 Å². The van der Waals surface area contributed by atoms with Crippen molar-refractivity contribution in [3.8, 4) is 0 Å². The van der Waals surface area contributed by atoms with E-state index in [-0.39, 0.29) is 12.2 Å². The lowest BCUT2D eigenvalue weighted by Gasteiger charge is -2.06. The van der Waals surface area contributed by atoms with Crippen LogP contribution >= 0.6 is 0 Å². The van der Waals surface area contributed by atoms with Crippen LogP contribution in [0.15, 0.2) is 6.20 Å². The first-order valence-corrected chi connectivity index (χ1v) is 5.70. The molecule has 1 aromatic rings. The lowest BCUT2D eigenvalue weighted by molar-refractivity contribution is 0.128. The Bertz CT molecular complexity index is 390. The van der Waals surface area contributed by atoms with Gasteiger partial charge in [0.25, 0.3) is 0 Å². The first-order valence-electron chi connectivity index (χ1n) is 5.70. The second-order valence-electron chi connectivity index (χ2n) is 4.38. The lowest BCUT2D eigenvalue weighted by atomic mass is 10.3. The number of nitrogens with zero attached hydrogens (tertiary/aromatic N) is 3. The molecule has 2 rings (SSSR count). The quantitative estimate of drug-likeness (QED) is 0.749. The SMILES string of the molecule is CC(C)NCc1cn(CC2CNC(=O)O2)nn1. The van der Waals surface area contributed by atoms with Gasteiger partial charge in [-0.3, -0.25) is 0 Å². The van der Waals surface area contributed by atoms with Crippen LogP contribution in [-0.2, 0) is 17.8 Å². The molecule has 1 aliphatic rings. The van der Waals surface area contributed by atoms with Crippen LogP contribution in [0.2, 0.25) is 0 Å². The van der Waals surface area contributed by atoms with E-state index in [4.69, 9.17) is 4.74 Å². The van der Waals surface area contributed by atoms with Crippen LogP contribution in [0, 0.1) is 0 Å². The predicted octanol–water partition coefficient (Wildman–Crippen LogP) is -0.115. The summed E-state index contributed by atoms with van der Waals surface area (Å²) in [5, 5.41) is 13.9. The molecular weight excluding hydrogens is 222 g/mol. The molecule has 7 nitrogen and oxygen atoms in total. The van der Waals surface area contributed by atoms with Crippen LogP contribution in [-0.4, -0.2) is 39.8 Å². The number of ether oxygens (including phenoxy) is 1. The van der Waals surface area contributed by atoms with Gasteiger partial charge in [0.1, 0.15) is 6.10 Å². The van der Waals surface area contributed by atoms with Crippen molar-refractivity contribution < 1.29 is 9.53 Å². The molecule has 1 aliphatic heterocycles. The number of carbonyl (C=O) groups excluding carboxylic acids is 1. The van der Waals surface area contributed by atoms with E-state index in [0.717, 1.165) is 5.69 Å². The molecule has 0 radical (unpaired) electrons. The first kappa shape index (κ1) is 11.8. The summed E-state index contributed by atoms with van der Waals surface area (Å²) in [6, 6.07) is 0.417. The number of cyclic esters (lactones) is 1. The Labute approximate surface area is 99.5 Å². The van der Waals surface area contributed by atoms with Crippen molar-refractivity contribution in [3.63, 3.8) is 0 Å². The highest BCUT2D eigenvalue weighted by molar-refractivity contribution is 5.69. The second kappa shape index (κ2) is 5.13. The van der Waals surface area contributed by atoms with Gasteiger partial charge in [-0.05, 0) is 0 Å². The summed E-state index contributed by atoms with van der Waals surface area (Å²) >= 11 is 0. The van der Waals surface area contributed by atoms with Crippen LogP contribution in [0.3, 0.4) is 0 Å². The molecular formula is C10H17N5O2. The molecule has 7 heteroatoms. The Hall–Kier alpha value is -1.63. The molecule has 0 bridgehead atoms. The number of alkyl carbamates (subject to hydrolysis) is 1. The fourth-order valence-corrected chi connectivity index (χ4v) is 1.56. The topological polar surface area (TPSA) is 81.1 Å². The van der Waals surface area contributed by atoms with Gasteiger partial charge in [0.2, 0.25) is 0 Å². The zero-order valence-corrected chi connectivity index (χ0v) is 10.0. The third kappa shape index (κ3) is 3.42. The Morgan fingerprint density at radius 1 is 1.71 bits per heavy atom. The highest BCUT2D eigenvalue weighted by Crippen LogP contribution is 2.03. The number of hydrogen-bond acceptors (Lipinski definition) is 5. The maximum absolute atomic E-state index is 10.8. The summed E-state index contributed by atoms with van der Waals surface area (Å²) in [6.07, 6.45) is 1.34. The number of hydrogen-bond donors (Lipinski definition) is 2. The zero-order valence-electron chi connectivity index (χ0n) is 10.0. The summed E-state index contributed by atoms with van der Waals surface area (Å²) < 4.78 is 6.72. The third-order valence-electron chi connectivity index (χ3n) is 2.42. The van der Waals surface area contributed by atoms with Crippen LogP contribution in [0.5, 0.6) is 0 Å². The van der Waals surface area contributed by atoms with E-state index < -0.39 is 0 Å². The van der Waals surface area contributed by atoms with E-state index in [2.05, 4.69) is 34.8 Å². The van der Waals surface area contributed by atoms with Gasteiger partial charge in [0.05, 0.1) is 18.8 Å². The molecule has 2 heterocycles. The minimum atomic E-state index is -0.364. The Balaban J connectivity index is 1.83. The van der Waals surface area contributed by atoms with Gasteiger partial charge in [-0.25, -0.2) is 9.48 Å². The Kier molecular flexibility index (Phi) is 3.58. The number of rotatable bonds is 5. The minimum absolute atomic E-state index is 0.157. The summed E-state index contributed by atoms with van der Waals surface area (Å²) in [4.78, 5) is 10.8. The maximum Gasteiger partial charge on any atom is 0.407 e. The number of nitrogens with one attached hydrogen (secondary N) is 2. The van der Waals surface area contributed by atoms with Crippen molar-refractivity contribution in [1.82, 2.24) is 25.6 Å². The largest absolute Gasteiger partial charge is 0.442 e. The molecule has 1 saturated heterocycles. The van der Waals surface area contributed by atoms with Gasteiger partial charge in [0.15, 0.2) is 0 Å². The predicted molar refractivity (Wildman–Crippen MR) is 60.3 cm³/mol. The summed E-state index contributed by atoms with van der Waals surface area (Å²) in [5.41, 5.74) is 0.885. The molecule has 0 spiro atoms. The second-order valence-corrected chi connectivity index (χ2v) is 4.38. The fraction of sp³-hybridized carbons (Fsp3) is 0.700. The smallest absolute Gasteiger partial charge is 0.407 e. The highest BCUT2D eigenvalue weighted by Gasteiger charge is 2.23. The van der Waals surface area contributed by atoms with Gasteiger partial charge >= 0.3 is 6.09 Å². The number of amides is 1. The third-order valence-corrected chi connectivity index (χ3v) is 2.42. The normalized spacial score (nSPS) is 19.5. The monoisotopic (exact) mass is 239 g/mol. The fourth-order valence-electron chi connectivity index (χ4n) is 1.56. The zero-order chi connectivity index (χ0) is 12.3. The average Bonchev–Trinajstić information content (AvgIpc) is 2.86. The molecule has 0 aromatic carbocycles. The van der Waals surface area contributed by atoms with Gasteiger partial charge in [-0.15, -0.1) is 5.10 Å². The highest BCUT2D eigenvalue weighted by atomic mass is 16.6. The molecule has 17 heavy (non-hydrogen) atoms. The van der Waals surface area contributed by atoms with E-state index in [1.54, 1.807) is 4.68 Å². The van der Waals surface area contributed by atoms with Crippen molar-refractivity contribution in [2.24, 2.45) is 0 Å². The molecule has 0 saturated carbocycles.